The SMILES string of the molecule is O=C(CCc1ccc(Cl)c(F)c1)C1CCCC1. The fourth-order valence-electron chi connectivity index (χ4n) is 2.41. The summed E-state index contributed by atoms with van der Waals surface area (Å²) in [6.07, 6.45) is 5.55. The number of carbonyl (C=O) groups is 1. The van der Waals surface area contributed by atoms with E-state index < -0.39 is 5.82 Å². The quantitative estimate of drug-likeness (QED) is 0.788. The highest BCUT2D eigenvalue weighted by atomic mass is 35.5. The lowest BCUT2D eigenvalue weighted by Gasteiger charge is -2.07. The fraction of sp³-hybridized carbons (Fsp3) is 0.500. The molecule has 1 aromatic rings. The van der Waals surface area contributed by atoms with Gasteiger partial charge in [-0.05, 0) is 37.0 Å². The third-order valence-corrected chi connectivity index (χ3v) is 3.76. The van der Waals surface area contributed by atoms with Crippen molar-refractivity contribution in [1.82, 2.24) is 0 Å². The van der Waals surface area contributed by atoms with Crippen molar-refractivity contribution in [2.24, 2.45) is 5.92 Å². The lowest BCUT2D eigenvalue weighted by Crippen LogP contribution is -2.11. The Morgan fingerprint density at radius 1 is 1.35 bits per heavy atom. The van der Waals surface area contributed by atoms with Crippen LogP contribution in [0.3, 0.4) is 0 Å². The van der Waals surface area contributed by atoms with Crippen LogP contribution in [0.15, 0.2) is 18.2 Å². The van der Waals surface area contributed by atoms with Crippen molar-refractivity contribution in [3.63, 3.8) is 0 Å². The van der Waals surface area contributed by atoms with Crippen LogP contribution in [0.5, 0.6) is 0 Å². The molecule has 0 aromatic heterocycles. The first kappa shape index (κ1) is 12.6. The van der Waals surface area contributed by atoms with Gasteiger partial charge in [0.15, 0.2) is 0 Å². The Bertz CT molecular complexity index is 411. The van der Waals surface area contributed by atoms with Gasteiger partial charge in [0, 0.05) is 12.3 Å². The maximum Gasteiger partial charge on any atom is 0.142 e. The van der Waals surface area contributed by atoms with Crippen molar-refractivity contribution < 1.29 is 9.18 Å². The van der Waals surface area contributed by atoms with Crippen molar-refractivity contribution in [3.05, 3.63) is 34.6 Å². The highest BCUT2D eigenvalue weighted by molar-refractivity contribution is 6.30. The summed E-state index contributed by atoms with van der Waals surface area (Å²) in [5.74, 6) is 0.183. The molecule has 1 aliphatic rings. The normalized spacial score (nSPS) is 16.4. The molecule has 1 fully saturated rings. The Labute approximate surface area is 106 Å². The van der Waals surface area contributed by atoms with Crippen LogP contribution < -0.4 is 0 Å². The predicted octanol–water partition coefficient (Wildman–Crippen LogP) is 4.17. The molecule has 1 aromatic carbocycles. The summed E-state index contributed by atoms with van der Waals surface area (Å²) >= 11 is 5.61. The van der Waals surface area contributed by atoms with Crippen molar-refractivity contribution >= 4 is 17.4 Å². The van der Waals surface area contributed by atoms with E-state index in [0.29, 0.717) is 18.6 Å². The summed E-state index contributed by atoms with van der Waals surface area (Å²) < 4.78 is 13.2. The predicted molar refractivity (Wildman–Crippen MR) is 66.7 cm³/mol. The van der Waals surface area contributed by atoms with Crippen LogP contribution in [-0.4, -0.2) is 5.78 Å². The molecule has 3 heteroatoms. The fourth-order valence-corrected chi connectivity index (χ4v) is 2.53. The molecule has 1 aliphatic carbocycles. The van der Waals surface area contributed by atoms with Gasteiger partial charge in [0.25, 0.3) is 0 Å². The van der Waals surface area contributed by atoms with Gasteiger partial charge >= 0.3 is 0 Å². The first-order valence-corrected chi connectivity index (χ1v) is 6.51. The monoisotopic (exact) mass is 254 g/mol. The molecule has 0 amide bonds. The van der Waals surface area contributed by atoms with Crippen LogP contribution in [0.2, 0.25) is 5.02 Å². The summed E-state index contributed by atoms with van der Waals surface area (Å²) in [4.78, 5) is 11.9. The standard InChI is InChI=1S/C14H16ClFO/c15-12-7-5-10(9-13(12)16)6-8-14(17)11-3-1-2-4-11/h5,7,9,11H,1-4,6,8H2. The van der Waals surface area contributed by atoms with Gasteiger partial charge in [-0.15, -0.1) is 0 Å². The lowest BCUT2D eigenvalue weighted by atomic mass is 9.97. The summed E-state index contributed by atoms with van der Waals surface area (Å²) in [5, 5.41) is 0.135. The number of hydrogen-bond acceptors (Lipinski definition) is 1. The molecule has 0 aliphatic heterocycles. The Morgan fingerprint density at radius 3 is 2.71 bits per heavy atom. The van der Waals surface area contributed by atoms with Crippen LogP contribution in [-0.2, 0) is 11.2 Å². The maximum absolute atomic E-state index is 13.2. The van der Waals surface area contributed by atoms with Crippen LogP contribution in [0, 0.1) is 11.7 Å². The second kappa shape index (κ2) is 5.63. The molecule has 0 spiro atoms. The number of halogens is 2. The molecule has 17 heavy (non-hydrogen) atoms. The number of benzene rings is 1. The molecule has 0 heterocycles. The number of ketones is 1. The van der Waals surface area contributed by atoms with Crippen molar-refractivity contribution in [2.45, 2.75) is 38.5 Å². The molecule has 1 nitrogen and oxygen atoms in total. The average Bonchev–Trinajstić information content (AvgIpc) is 2.84. The number of carbonyl (C=O) groups excluding carboxylic acids is 1. The first-order chi connectivity index (χ1) is 8.16. The number of rotatable bonds is 4. The van der Waals surface area contributed by atoms with Gasteiger partial charge in [-0.1, -0.05) is 30.5 Å². The summed E-state index contributed by atoms with van der Waals surface area (Å²) in [7, 11) is 0. The van der Waals surface area contributed by atoms with E-state index in [1.807, 2.05) is 0 Å². The van der Waals surface area contributed by atoms with Gasteiger partial charge in [0.2, 0.25) is 0 Å². The molecule has 0 unspecified atom stereocenters. The lowest BCUT2D eigenvalue weighted by molar-refractivity contribution is -0.122. The highest BCUT2D eigenvalue weighted by Crippen LogP contribution is 2.27. The molecule has 1 saturated carbocycles. The van der Waals surface area contributed by atoms with E-state index in [1.165, 1.54) is 18.9 Å². The summed E-state index contributed by atoms with van der Waals surface area (Å²) in [6.45, 7) is 0. The third-order valence-electron chi connectivity index (χ3n) is 3.45. The van der Waals surface area contributed by atoms with Gasteiger partial charge in [0.1, 0.15) is 11.6 Å². The van der Waals surface area contributed by atoms with Crippen LogP contribution in [0.1, 0.15) is 37.7 Å². The van der Waals surface area contributed by atoms with E-state index >= 15 is 0 Å². The molecule has 0 atom stereocenters. The first-order valence-electron chi connectivity index (χ1n) is 6.13. The minimum Gasteiger partial charge on any atom is -0.299 e. The number of aryl methyl sites for hydroxylation is 1. The Morgan fingerprint density at radius 2 is 2.06 bits per heavy atom. The number of hydrogen-bond donors (Lipinski definition) is 0. The van der Waals surface area contributed by atoms with Gasteiger partial charge in [-0.2, -0.15) is 0 Å². The van der Waals surface area contributed by atoms with Crippen LogP contribution in [0.25, 0.3) is 0 Å². The smallest absolute Gasteiger partial charge is 0.142 e. The molecular weight excluding hydrogens is 239 g/mol. The second-order valence-corrected chi connectivity index (χ2v) is 5.10. The van der Waals surface area contributed by atoms with E-state index in [2.05, 4.69) is 0 Å². The van der Waals surface area contributed by atoms with Crippen molar-refractivity contribution in [1.29, 1.82) is 0 Å². The molecule has 0 saturated heterocycles. The zero-order valence-electron chi connectivity index (χ0n) is 9.72. The zero-order chi connectivity index (χ0) is 12.3. The third kappa shape index (κ3) is 3.29. The van der Waals surface area contributed by atoms with E-state index in [4.69, 9.17) is 11.6 Å². The molecule has 0 radical (unpaired) electrons. The highest BCUT2D eigenvalue weighted by Gasteiger charge is 2.21. The summed E-state index contributed by atoms with van der Waals surface area (Å²) in [6, 6.07) is 4.75. The van der Waals surface area contributed by atoms with Gasteiger partial charge in [0.05, 0.1) is 5.02 Å². The topological polar surface area (TPSA) is 17.1 Å². The molecule has 92 valence electrons. The Balaban J connectivity index is 1.88. The van der Waals surface area contributed by atoms with E-state index in [1.54, 1.807) is 12.1 Å². The van der Waals surface area contributed by atoms with Gasteiger partial charge < -0.3 is 0 Å². The zero-order valence-corrected chi connectivity index (χ0v) is 10.5. The van der Waals surface area contributed by atoms with Crippen LogP contribution in [0.4, 0.5) is 4.39 Å². The minimum atomic E-state index is -0.405. The molecule has 0 bridgehead atoms. The van der Waals surface area contributed by atoms with Crippen molar-refractivity contribution in [2.75, 3.05) is 0 Å². The number of Topliss-reactive ketones (excluding diaryl/α,β-unsaturated/α-hetero) is 1. The second-order valence-electron chi connectivity index (χ2n) is 4.70. The van der Waals surface area contributed by atoms with E-state index in [0.717, 1.165) is 18.4 Å². The molecule has 0 N–H and O–H groups in total. The summed E-state index contributed by atoms with van der Waals surface area (Å²) in [5.41, 5.74) is 0.846. The molecule has 2 rings (SSSR count). The largest absolute Gasteiger partial charge is 0.299 e. The maximum atomic E-state index is 13.2. The Hall–Kier alpha value is -0.890. The van der Waals surface area contributed by atoms with Crippen LogP contribution >= 0.6 is 11.6 Å². The van der Waals surface area contributed by atoms with E-state index in [9.17, 15) is 9.18 Å². The van der Waals surface area contributed by atoms with Crippen molar-refractivity contribution in [3.8, 4) is 0 Å². The minimum absolute atomic E-state index is 0.135. The van der Waals surface area contributed by atoms with Gasteiger partial charge in [-0.3, -0.25) is 4.79 Å². The van der Waals surface area contributed by atoms with Gasteiger partial charge in [-0.25, -0.2) is 4.39 Å². The molecular formula is C14H16ClFO. The Kier molecular flexibility index (Phi) is 4.16. The van der Waals surface area contributed by atoms with E-state index in [-0.39, 0.29) is 10.9 Å². The average molecular weight is 255 g/mol.